The Morgan fingerprint density at radius 2 is 2.36 bits per heavy atom. The van der Waals surface area contributed by atoms with Crippen LogP contribution in [-0.4, -0.2) is 14.9 Å². The summed E-state index contributed by atoms with van der Waals surface area (Å²) in [4.78, 5) is 0. The van der Waals surface area contributed by atoms with Gasteiger partial charge in [-0.25, -0.2) is 0 Å². The topological polar surface area (TPSA) is 38.0 Å². The first-order chi connectivity index (χ1) is 5.16. The first kappa shape index (κ1) is 8.99. The molecular formula is C7H11IN2O. The van der Waals surface area contributed by atoms with Gasteiger partial charge in [0.15, 0.2) is 0 Å². The SMILES string of the molecule is CC(C)n1ncc(I)c1CO. The summed E-state index contributed by atoms with van der Waals surface area (Å²) < 4.78 is 2.86. The van der Waals surface area contributed by atoms with Gasteiger partial charge in [0.1, 0.15) is 0 Å². The Bertz CT molecular complexity index is 245. The summed E-state index contributed by atoms with van der Waals surface area (Å²) in [6, 6.07) is 0.320. The van der Waals surface area contributed by atoms with Crippen LogP contribution in [0.1, 0.15) is 25.6 Å². The van der Waals surface area contributed by atoms with Crippen molar-refractivity contribution in [2.24, 2.45) is 0 Å². The number of aromatic nitrogens is 2. The van der Waals surface area contributed by atoms with Gasteiger partial charge < -0.3 is 5.11 Å². The Hall–Kier alpha value is -0.100. The van der Waals surface area contributed by atoms with Gasteiger partial charge >= 0.3 is 0 Å². The van der Waals surface area contributed by atoms with Crippen molar-refractivity contribution in [1.82, 2.24) is 9.78 Å². The van der Waals surface area contributed by atoms with Crippen molar-refractivity contribution in [3.8, 4) is 0 Å². The van der Waals surface area contributed by atoms with E-state index in [1.54, 1.807) is 6.20 Å². The van der Waals surface area contributed by atoms with E-state index in [9.17, 15) is 0 Å². The molecule has 0 fully saturated rings. The van der Waals surface area contributed by atoms with E-state index in [1.165, 1.54) is 0 Å². The highest BCUT2D eigenvalue weighted by Gasteiger charge is 2.08. The summed E-state index contributed by atoms with van der Waals surface area (Å²) in [5.74, 6) is 0. The summed E-state index contributed by atoms with van der Waals surface area (Å²) in [7, 11) is 0. The Kier molecular flexibility index (Phi) is 2.89. The lowest BCUT2D eigenvalue weighted by Gasteiger charge is -2.08. The number of rotatable bonds is 2. The molecule has 0 aliphatic heterocycles. The van der Waals surface area contributed by atoms with Gasteiger partial charge in [-0.2, -0.15) is 5.10 Å². The summed E-state index contributed by atoms with van der Waals surface area (Å²) in [5, 5.41) is 13.1. The van der Waals surface area contributed by atoms with Crippen LogP contribution in [-0.2, 0) is 6.61 Å². The fraction of sp³-hybridized carbons (Fsp3) is 0.571. The number of hydrogen-bond donors (Lipinski definition) is 1. The van der Waals surface area contributed by atoms with Gasteiger partial charge in [-0.15, -0.1) is 0 Å². The molecule has 11 heavy (non-hydrogen) atoms. The van der Waals surface area contributed by atoms with Gasteiger partial charge in [0.25, 0.3) is 0 Å². The fourth-order valence-corrected chi connectivity index (χ4v) is 1.50. The smallest absolute Gasteiger partial charge is 0.0860 e. The maximum absolute atomic E-state index is 8.97. The van der Waals surface area contributed by atoms with Crippen LogP contribution in [0.3, 0.4) is 0 Å². The van der Waals surface area contributed by atoms with Gasteiger partial charge in [-0.05, 0) is 36.4 Å². The quantitative estimate of drug-likeness (QED) is 0.825. The fourth-order valence-electron chi connectivity index (χ4n) is 0.960. The Morgan fingerprint density at radius 1 is 1.73 bits per heavy atom. The second kappa shape index (κ2) is 3.53. The molecule has 0 saturated heterocycles. The second-order valence-electron chi connectivity index (χ2n) is 2.64. The highest BCUT2D eigenvalue weighted by molar-refractivity contribution is 14.1. The molecule has 0 atom stereocenters. The normalized spacial score (nSPS) is 11.0. The van der Waals surface area contributed by atoms with Crippen LogP contribution < -0.4 is 0 Å². The molecular weight excluding hydrogens is 255 g/mol. The third kappa shape index (κ3) is 1.73. The van der Waals surface area contributed by atoms with E-state index in [1.807, 2.05) is 18.5 Å². The van der Waals surface area contributed by atoms with Crippen LogP contribution in [0.2, 0.25) is 0 Å². The van der Waals surface area contributed by atoms with Crippen LogP contribution in [0.4, 0.5) is 0 Å². The second-order valence-corrected chi connectivity index (χ2v) is 3.80. The Labute approximate surface area is 79.6 Å². The highest BCUT2D eigenvalue weighted by atomic mass is 127. The highest BCUT2D eigenvalue weighted by Crippen LogP contribution is 2.15. The molecule has 1 aromatic rings. The predicted octanol–water partition coefficient (Wildman–Crippen LogP) is 1.56. The van der Waals surface area contributed by atoms with E-state index < -0.39 is 0 Å². The third-order valence-corrected chi connectivity index (χ3v) is 2.39. The lowest BCUT2D eigenvalue weighted by Crippen LogP contribution is -2.07. The average molecular weight is 266 g/mol. The van der Waals surface area contributed by atoms with Crippen molar-refractivity contribution in [1.29, 1.82) is 0 Å². The summed E-state index contributed by atoms with van der Waals surface area (Å²) in [6.45, 7) is 4.15. The zero-order chi connectivity index (χ0) is 8.43. The van der Waals surface area contributed by atoms with Crippen LogP contribution in [0.5, 0.6) is 0 Å². The molecule has 0 unspecified atom stereocenters. The molecule has 0 aliphatic rings. The summed E-state index contributed by atoms with van der Waals surface area (Å²) in [6.07, 6.45) is 1.77. The molecule has 0 bridgehead atoms. The number of halogens is 1. The summed E-state index contributed by atoms with van der Waals surface area (Å²) >= 11 is 2.17. The molecule has 0 aliphatic carbocycles. The number of nitrogens with zero attached hydrogens (tertiary/aromatic N) is 2. The van der Waals surface area contributed by atoms with Gasteiger partial charge in [-0.1, -0.05) is 0 Å². The monoisotopic (exact) mass is 266 g/mol. The largest absolute Gasteiger partial charge is 0.390 e. The molecule has 1 rings (SSSR count). The maximum Gasteiger partial charge on any atom is 0.0860 e. The van der Waals surface area contributed by atoms with Crippen molar-refractivity contribution < 1.29 is 5.11 Å². The molecule has 62 valence electrons. The van der Waals surface area contributed by atoms with Gasteiger partial charge in [0, 0.05) is 6.04 Å². The van der Waals surface area contributed by atoms with Crippen molar-refractivity contribution in [2.75, 3.05) is 0 Å². The molecule has 3 nitrogen and oxygen atoms in total. The maximum atomic E-state index is 8.97. The van der Waals surface area contributed by atoms with Gasteiger partial charge in [-0.3, -0.25) is 4.68 Å². The zero-order valence-electron chi connectivity index (χ0n) is 6.58. The Balaban J connectivity index is 3.05. The number of aliphatic hydroxyl groups excluding tert-OH is 1. The van der Waals surface area contributed by atoms with E-state index in [0.717, 1.165) is 9.26 Å². The molecule has 4 heteroatoms. The van der Waals surface area contributed by atoms with E-state index in [-0.39, 0.29) is 6.61 Å². The van der Waals surface area contributed by atoms with Crippen molar-refractivity contribution in [2.45, 2.75) is 26.5 Å². The number of aliphatic hydroxyl groups is 1. The van der Waals surface area contributed by atoms with Crippen LogP contribution in [0.15, 0.2) is 6.20 Å². The van der Waals surface area contributed by atoms with Crippen LogP contribution in [0.25, 0.3) is 0 Å². The predicted molar refractivity (Wildman–Crippen MR) is 51.3 cm³/mol. The van der Waals surface area contributed by atoms with E-state index in [2.05, 4.69) is 27.7 Å². The number of hydrogen-bond acceptors (Lipinski definition) is 2. The lowest BCUT2D eigenvalue weighted by molar-refractivity contribution is 0.263. The third-order valence-electron chi connectivity index (χ3n) is 1.49. The van der Waals surface area contributed by atoms with Crippen molar-refractivity contribution >= 4 is 22.6 Å². The Morgan fingerprint density at radius 3 is 2.73 bits per heavy atom. The van der Waals surface area contributed by atoms with Gasteiger partial charge in [0.05, 0.1) is 22.1 Å². The lowest BCUT2D eigenvalue weighted by atomic mass is 10.3. The van der Waals surface area contributed by atoms with Crippen LogP contribution >= 0.6 is 22.6 Å². The van der Waals surface area contributed by atoms with Gasteiger partial charge in [0.2, 0.25) is 0 Å². The zero-order valence-corrected chi connectivity index (χ0v) is 8.74. The molecule has 0 spiro atoms. The molecule has 0 saturated carbocycles. The van der Waals surface area contributed by atoms with Crippen LogP contribution in [0, 0.1) is 3.57 Å². The first-order valence-corrected chi connectivity index (χ1v) is 4.57. The van der Waals surface area contributed by atoms with Crippen molar-refractivity contribution in [3.63, 3.8) is 0 Å². The van der Waals surface area contributed by atoms with E-state index in [4.69, 9.17) is 5.11 Å². The minimum Gasteiger partial charge on any atom is -0.390 e. The minimum absolute atomic E-state index is 0.0659. The van der Waals surface area contributed by atoms with E-state index in [0.29, 0.717) is 6.04 Å². The van der Waals surface area contributed by atoms with E-state index >= 15 is 0 Å². The first-order valence-electron chi connectivity index (χ1n) is 3.49. The average Bonchev–Trinajstić information content (AvgIpc) is 2.30. The molecule has 1 aromatic heterocycles. The summed E-state index contributed by atoms with van der Waals surface area (Å²) in [5.41, 5.74) is 0.903. The minimum atomic E-state index is 0.0659. The van der Waals surface area contributed by atoms with Crippen molar-refractivity contribution in [3.05, 3.63) is 15.5 Å². The molecule has 1 heterocycles. The molecule has 0 radical (unpaired) electrons. The molecule has 0 aromatic carbocycles. The molecule has 1 N–H and O–H groups in total. The molecule has 0 amide bonds. The standard InChI is InChI=1S/C7H11IN2O/c1-5(2)10-7(4-11)6(8)3-9-10/h3,5,11H,4H2,1-2H3.